The third kappa shape index (κ3) is 6.91. The lowest BCUT2D eigenvalue weighted by molar-refractivity contribution is -0.131. The van der Waals surface area contributed by atoms with E-state index in [1.165, 1.54) is 6.08 Å². The van der Waals surface area contributed by atoms with E-state index in [1.54, 1.807) is 6.08 Å². The van der Waals surface area contributed by atoms with Crippen molar-refractivity contribution in [2.45, 2.75) is 0 Å². The molecule has 0 bridgehead atoms. The van der Waals surface area contributed by atoms with E-state index < -0.39 is 5.97 Å². The SMILES string of the molecule is C=CCOCC=CC(=O)O. The number of carboxylic acids is 1. The molecule has 0 spiro atoms. The van der Waals surface area contributed by atoms with Crippen molar-refractivity contribution in [2.24, 2.45) is 0 Å². The van der Waals surface area contributed by atoms with Crippen LogP contribution in [0.1, 0.15) is 0 Å². The number of hydrogen-bond donors (Lipinski definition) is 1. The van der Waals surface area contributed by atoms with Crippen LogP contribution in [0.15, 0.2) is 24.8 Å². The molecular formula is C7H10O3. The first-order valence-corrected chi connectivity index (χ1v) is 2.85. The molecule has 0 saturated carbocycles. The maximum absolute atomic E-state index is 9.87. The zero-order valence-electron chi connectivity index (χ0n) is 5.62. The number of aliphatic carboxylic acids is 1. The highest BCUT2D eigenvalue weighted by Crippen LogP contribution is 1.77. The van der Waals surface area contributed by atoms with Crippen molar-refractivity contribution in [1.29, 1.82) is 0 Å². The van der Waals surface area contributed by atoms with Crippen LogP contribution < -0.4 is 0 Å². The summed E-state index contributed by atoms with van der Waals surface area (Å²) in [5.74, 6) is -0.956. The normalized spacial score (nSPS) is 10.0. The van der Waals surface area contributed by atoms with Gasteiger partial charge in [-0.15, -0.1) is 6.58 Å². The van der Waals surface area contributed by atoms with Gasteiger partial charge in [0.2, 0.25) is 0 Å². The van der Waals surface area contributed by atoms with E-state index in [2.05, 4.69) is 6.58 Å². The van der Waals surface area contributed by atoms with Crippen LogP contribution in [-0.2, 0) is 9.53 Å². The van der Waals surface area contributed by atoms with Crippen LogP contribution in [0.5, 0.6) is 0 Å². The van der Waals surface area contributed by atoms with E-state index in [9.17, 15) is 4.79 Å². The lowest BCUT2D eigenvalue weighted by atomic mass is 10.5. The highest BCUT2D eigenvalue weighted by atomic mass is 16.5. The molecule has 0 aromatic carbocycles. The molecule has 0 amide bonds. The van der Waals surface area contributed by atoms with E-state index in [0.717, 1.165) is 6.08 Å². The first kappa shape index (κ1) is 8.91. The molecule has 56 valence electrons. The fourth-order valence-corrected chi connectivity index (χ4v) is 0.368. The minimum atomic E-state index is -0.956. The number of rotatable bonds is 5. The zero-order chi connectivity index (χ0) is 7.82. The van der Waals surface area contributed by atoms with Crippen LogP contribution in [0.3, 0.4) is 0 Å². The van der Waals surface area contributed by atoms with E-state index in [4.69, 9.17) is 9.84 Å². The summed E-state index contributed by atoms with van der Waals surface area (Å²) in [7, 11) is 0. The van der Waals surface area contributed by atoms with Crippen LogP contribution in [0.2, 0.25) is 0 Å². The Morgan fingerprint density at radius 3 is 2.80 bits per heavy atom. The average molecular weight is 142 g/mol. The van der Waals surface area contributed by atoms with Gasteiger partial charge in [-0.2, -0.15) is 0 Å². The molecule has 1 N–H and O–H groups in total. The summed E-state index contributed by atoms with van der Waals surface area (Å²) in [5, 5.41) is 8.11. The first-order chi connectivity index (χ1) is 4.77. The zero-order valence-corrected chi connectivity index (χ0v) is 5.62. The number of hydrogen-bond acceptors (Lipinski definition) is 2. The van der Waals surface area contributed by atoms with Crippen LogP contribution in [0.4, 0.5) is 0 Å². The Morgan fingerprint density at radius 2 is 2.30 bits per heavy atom. The van der Waals surface area contributed by atoms with Gasteiger partial charge in [-0.1, -0.05) is 12.2 Å². The third-order valence-electron chi connectivity index (χ3n) is 0.710. The Bertz CT molecular complexity index is 138. The van der Waals surface area contributed by atoms with Gasteiger partial charge >= 0.3 is 5.97 Å². The molecule has 0 aliphatic rings. The molecule has 0 radical (unpaired) electrons. The lowest BCUT2D eigenvalue weighted by Gasteiger charge is -1.91. The van der Waals surface area contributed by atoms with Crippen molar-refractivity contribution in [3.05, 3.63) is 24.8 Å². The van der Waals surface area contributed by atoms with Gasteiger partial charge in [0.15, 0.2) is 0 Å². The number of ether oxygens (including phenoxy) is 1. The third-order valence-corrected chi connectivity index (χ3v) is 0.710. The second-order valence-corrected chi connectivity index (χ2v) is 1.57. The van der Waals surface area contributed by atoms with Crippen molar-refractivity contribution < 1.29 is 14.6 Å². The van der Waals surface area contributed by atoms with Gasteiger partial charge in [0.05, 0.1) is 13.2 Å². The van der Waals surface area contributed by atoms with Gasteiger partial charge in [0, 0.05) is 6.08 Å². The van der Waals surface area contributed by atoms with E-state index >= 15 is 0 Å². The van der Waals surface area contributed by atoms with Crippen molar-refractivity contribution >= 4 is 5.97 Å². The molecule has 3 nitrogen and oxygen atoms in total. The summed E-state index contributed by atoms with van der Waals surface area (Å²) in [6, 6.07) is 0. The standard InChI is InChI=1S/C7H10O3/c1-2-5-10-6-3-4-7(8)9/h2-4H,1,5-6H2,(H,8,9). The Kier molecular flexibility index (Phi) is 5.38. The molecule has 0 heterocycles. The topological polar surface area (TPSA) is 46.5 Å². The smallest absolute Gasteiger partial charge is 0.328 e. The Hall–Kier alpha value is -1.09. The highest BCUT2D eigenvalue weighted by molar-refractivity contribution is 5.79. The summed E-state index contributed by atoms with van der Waals surface area (Å²) < 4.78 is 4.86. The summed E-state index contributed by atoms with van der Waals surface area (Å²) in [6.45, 7) is 4.19. The Balaban J connectivity index is 3.18. The fourth-order valence-electron chi connectivity index (χ4n) is 0.368. The Labute approximate surface area is 59.6 Å². The molecule has 0 saturated heterocycles. The van der Waals surface area contributed by atoms with Gasteiger partial charge in [-0.05, 0) is 0 Å². The fraction of sp³-hybridized carbons (Fsp3) is 0.286. The number of carbonyl (C=O) groups is 1. The van der Waals surface area contributed by atoms with Gasteiger partial charge in [-0.25, -0.2) is 4.79 Å². The van der Waals surface area contributed by atoms with E-state index in [0.29, 0.717) is 13.2 Å². The largest absolute Gasteiger partial charge is 0.478 e. The highest BCUT2D eigenvalue weighted by Gasteiger charge is 1.83. The molecule has 0 rings (SSSR count). The first-order valence-electron chi connectivity index (χ1n) is 2.85. The number of carboxylic acid groups (broad SMARTS) is 1. The molecule has 10 heavy (non-hydrogen) atoms. The van der Waals surface area contributed by atoms with Crippen LogP contribution in [0.25, 0.3) is 0 Å². The van der Waals surface area contributed by atoms with Crippen molar-refractivity contribution in [1.82, 2.24) is 0 Å². The van der Waals surface area contributed by atoms with Crippen LogP contribution in [-0.4, -0.2) is 24.3 Å². The maximum Gasteiger partial charge on any atom is 0.328 e. The van der Waals surface area contributed by atoms with Gasteiger partial charge < -0.3 is 9.84 Å². The minimum absolute atomic E-state index is 0.318. The van der Waals surface area contributed by atoms with Crippen molar-refractivity contribution in [2.75, 3.05) is 13.2 Å². The minimum Gasteiger partial charge on any atom is -0.478 e. The van der Waals surface area contributed by atoms with Crippen LogP contribution >= 0.6 is 0 Å². The average Bonchev–Trinajstić information content (AvgIpc) is 1.87. The molecule has 3 heteroatoms. The molecule has 0 aromatic heterocycles. The molecule has 0 atom stereocenters. The van der Waals surface area contributed by atoms with Crippen molar-refractivity contribution in [3.63, 3.8) is 0 Å². The molecule has 0 unspecified atom stereocenters. The molecule has 0 aliphatic heterocycles. The van der Waals surface area contributed by atoms with Gasteiger partial charge in [0.25, 0.3) is 0 Å². The summed E-state index contributed by atoms with van der Waals surface area (Å²) in [6.07, 6.45) is 4.09. The lowest BCUT2D eigenvalue weighted by Crippen LogP contribution is -1.92. The second-order valence-electron chi connectivity index (χ2n) is 1.57. The Morgan fingerprint density at radius 1 is 1.60 bits per heavy atom. The van der Waals surface area contributed by atoms with Gasteiger partial charge in [-0.3, -0.25) is 0 Å². The second kappa shape index (κ2) is 6.04. The van der Waals surface area contributed by atoms with E-state index in [1.807, 2.05) is 0 Å². The quantitative estimate of drug-likeness (QED) is 0.351. The van der Waals surface area contributed by atoms with E-state index in [-0.39, 0.29) is 0 Å². The summed E-state index contributed by atoms with van der Waals surface area (Å²) >= 11 is 0. The van der Waals surface area contributed by atoms with Crippen LogP contribution in [0, 0.1) is 0 Å². The molecule has 0 fully saturated rings. The maximum atomic E-state index is 9.87. The van der Waals surface area contributed by atoms with Gasteiger partial charge in [0.1, 0.15) is 0 Å². The summed E-state index contributed by atoms with van der Waals surface area (Å²) in [4.78, 5) is 9.87. The predicted molar refractivity (Wildman–Crippen MR) is 37.8 cm³/mol. The molecule has 0 aliphatic carbocycles. The molecular weight excluding hydrogens is 132 g/mol. The van der Waals surface area contributed by atoms with Crippen molar-refractivity contribution in [3.8, 4) is 0 Å². The monoisotopic (exact) mass is 142 g/mol. The summed E-state index contributed by atoms with van der Waals surface area (Å²) in [5.41, 5.74) is 0. The molecule has 0 aromatic rings. The predicted octanol–water partition coefficient (Wildman–Crippen LogP) is 0.830.